The van der Waals surface area contributed by atoms with Crippen molar-refractivity contribution in [2.24, 2.45) is 5.92 Å². The summed E-state index contributed by atoms with van der Waals surface area (Å²) in [7, 11) is 3.23. The van der Waals surface area contributed by atoms with Gasteiger partial charge in [-0.25, -0.2) is 0 Å². The second-order valence-electron chi connectivity index (χ2n) is 5.13. The zero-order valence-electron chi connectivity index (χ0n) is 12.8. The molecule has 1 atom stereocenters. The molecule has 6 nitrogen and oxygen atoms in total. The van der Waals surface area contributed by atoms with Crippen molar-refractivity contribution in [3.05, 3.63) is 33.9 Å². The summed E-state index contributed by atoms with van der Waals surface area (Å²) in [5.41, 5.74) is 0.691. The van der Waals surface area contributed by atoms with Crippen LogP contribution in [0, 0.1) is 16.0 Å². The Hall–Kier alpha value is -1.76. The lowest BCUT2D eigenvalue weighted by Crippen LogP contribution is -2.22. The third-order valence-corrected chi connectivity index (χ3v) is 3.84. The van der Waals surface area contributed by atoms with Crippen LogP contribution in [-0.2, 0) is 0 Å². The maximum absolute atomic E-state index is 11.9. The molecule has 0 saturated carbocycles. The van der Waals surface area contributed by atoms with Gasteiger partial charge in [0, 0.05) is 32.3 Å². The van der Waals surface area contributed by atoms with Crippen LogP contribution in [-0.4, -0.2) is 48.4 Å². The van der Waals surface area contributed by atoms with Gasteiger partial charge >= 0.3 is 0 Å². The van der Waals surface area contributed by atoms with Gasteiger partial charge in [-0.2, -0.15) is 11.8 Å². The SMILES string of the molecule is CSCC(C)CNc1ccc(C(=O)N(C)C)cc1[N+](=O)[O-]. The van der Waals surface area contributed by atoms with E-state index in [1.807, 2.05) is 6.26 Å². The van der Waals surface area contributed by atoms with Gasteiger partial charge < -0.3 is 10.2 Å². The molecule has 0 aliphatic heterocycles. The number of hydrogen-bond donors (Lipinski definition) is 1. The summed E-state index contributed by atoms with van der Waals surface area (Å²) in [5, 5.41) is 14.3. The fourth-order valence-corrected chi connectivity index (χ4v) is 2.54. The molecule has 1 aromatic rings. The molecular weight excluding hydrogens is 290 g/mol. The normalized spacial score (nSPS) is 11.8. The number of nitro groups is 1. The molecule has 1 unspecified atom stereocenters. The first-order chi connectivity index (χ1) is 9.86. The number of carbonyl (C=O) groups is 1. The number of benzene rings is 1. The van der Waals surface area contributed by atoms with Crippen LogP contribution in [0.25, 0.3) is 0 Å². The van der Waals surface area contributed by atoms with Crippen molar-refractivity contribution in [1.29, 1.82) is 0 Å². The van der Waals surface area contributed by atoms with E-state index < -0.39 is 4.92 Å². The van der Waals surface area contributed by atoms with Crippen molar-refractivity contribution in [3.63, 3.8) is 0 Å². The highest BCUT2D eigenvalue weighted by atomic mass is 32.2. The van der Waals surface area contributed by atoms with E-state index in [-0.39, 0.29) is 11.6 Å². The molecule has 0 heterocycles. The summed E-state index contributed by atoms with van der Waals surface area (Å²) < 4.78 is 0. The summed E-state index contributed by atoms with van der Waals surface area (Å²) in [4.78, 5) is 24.0. The van der Waals surface area contributed by atoms with E-state index in [1.165, 1.54) is 11.0 Å². The summed E-state index contributed by atoms with van der Waals surface area (Å²) >= 11 is 1.74. The minimum atomic E-state index is -0.464. The Morgan fingerprint density at radius 1 is 1.48 bits per heavy atom. The first-order valence-corrected chi connectivity index (χ1v) is 7.99. The zero-order valence-corrected chi connectivity index (χ0v) is 13.6. The van der Waals surface area contributed by atoms with Gasteiger partial charge in [0.1, 0.15) is 5.69 Å². The highest BCUT2D eigenvalue weighted by Gasteiger charge is 2.18. The molecular formula is C14H21N3O3S. The highest BCUT2D eigenvalue weighted by molar-refractivity contribution is 7.98. The molecule has 0 aliphatic carbocycles. The summed E-state index contributed by atoms with van der Waals surface area (Å²) in [6.07, 6.45) is 2.03. The quantitative estimate of drug-likeness (QED) is 0.619. The fourth-order valence-electron chi connectivity index (χ4n) is 1.85. The predicted octanol–water partition coefficient (Wildman–Crippen LogP) is 2.71. The Kier molecular flexibility index (Phi) is 6.48. The van der Waals surface area contributed by atoms with Crippen molar-refractivity contribution >= 4 is 29.0 Å². The number of nitro benzene ring substituents is 1. The highest BCUT2D eigenvalue weighted by Crippen LogP contribution is 2.26. The summed E-state index contributed by atoms with van der Waals surface area (Å²) in [6.45, 7) is 2.74. The molecule has 1 amide bonds. The van der Waals surface area contributed by atoms with E-state index in [0.29, 0.717) is 23.7 Å². The lowest BCUT2D eigenvalue weighted by atomic mass is 10.1. The average molecular weight is 311 g/mol. The second-order valence-corrected chi connectivity index (χ2v) is 6.04. The molecule has 0 bridgehead atoms. The fraction of sp³-hybridized carbons (Fsp3) is 0.500. The smallest absolute Gasteiger partial charge is 0.293 e. The van der Waals surface area contributed by atoms with Gasteiger partial charge in [0.05, 0.1) is 4.92 Å². The minimum absolute atomic E-state index is 0.0703. The topological polar surface area (TPSA) is 75.5 Å². The number of rotatable bonds is 7. The van der Waals surface area contributed by atoms with Crippen LogP contribution in [0.2, 0.25) is 0 Å². The van der Waals surface area contributed by atoms with Crippen LogP contribution in [0.3, 0.4) is 0 Å². The molecule has 0 radical (unpaired) electrons. The molecule has 1 rings (SSSR count). The van der Waals surface area contributed by atoms with E-state index >= 15 is 0 Å². The number of anilines is 1. The third-order valence-electron chi connectivity index (χ3n) is 2.94. The zero-order chi connectivity index (χ0) is 16.0. The van der Waals surface area contributed by atoms with Crippen LogP contribution >= 0.6 is 11.8 Å². The van der Waals surface area contributed by atoms with Crippen LogP contribution in [0.5, 0.6) is 0 Å². The number of nitrogens with zero attached hydrogens (tertiary/aromatic N) is 2. The number of thioether (sulfide) groups is 1. The van der Waals surface area contributed by atoms with E-state index in [9.17, 15) is 14.9 Å². The molecule has 116 valence electrons. The van der Waals surface area contributed by atoms with Gasteiger partial charge in [-0.05, 0) is 30.1 Å². The summed E-state index contributed by atoms with van der Waals surface area (Å²) in [6, 6.07) is 4.53. The van der Waals surface area contributed by atoms with Crippen molar-refractivity contribution in [1.82, 2.24) is 4.90 Å². The average Bonchev–Trinajstić information content (AvgIpc) is 2.44. The number of hydrogen-bond acceptors (Lipinski definition) is 5. The third kappa shape index (κ3) is 4.93. The lowest BCUT2D eigenvalue weighted by molar-refractivity contribution is -0.384. The Balaban J connectivity index is 2.95. The molecule has 0 saturated heterocycles. The van der Waals surface area contributed by atoms with E-state index in [4.69, 9.17) is 0 Å². The van der Waals surface area contributed by atoms with Gasteiger partial charge in [0.15, 0.2) is 0 Å². The number of carbonyl (C=O) groups excluding carboxylic acids is 1. The largest absolute Gasteiger partial charge is 0.379 e. The van der Waals surface area contributed by atoms with Crippen molar-refractivity contribution in [2.45, 2.75) is 6.92 Å². The molecule has 1 aromatic carbocycles. The van der Waals surface area contributed by atoms with Crippen molar-refractivity contribution in [3.8, 4) is 0 Å². The van der Waals surface area contributed by atoms with Gasteiger partial charge in [-0.3, -0.25) is 14.9 Å². The summed E-state index contributed by atoms with van der Waals surface area (Å²) in [5.74, 6) is 1.14. The Bertz CT molecular complexity index is 520. The predicted molar refractivity (Wildman–Crippen MR) is 87.1 cm³/mol. The minimum Gasteiger partial charge on any atom is -0.379 e. The monoisotopic (exact) mass is 311 g/mol. The molecule has 21 heavy (non-hydrogen) atoms. The Labute approximate surface area is 129 Å². The maximum Gasteiger partial charge on any atom is 0.293 e. The van der Waals surface area contributed by atoms with Crippen molar-refractivity contribution < 1.29 is 9.72 Å². The first-order valence-electron chi connectivity index (χ1n) is 6.59. The van der Waals surface area contributed by atoms with Gasteiger partial charge in [-0.1, -0.05) is 6.92 Å². The second kappa shape index (κ2) is 7.87. The van der Waals surface area contributed by atoms with E-state index in [0.717, 1.165) is 5.75 Å². The lowest BCUT2D eigenvalue weighted by Gasteiger charge is -2.14. The maximum atomic E-state index is 11.9. The van der Waals surface area contributed by atoms with E-state index in [1.54, 1.807) is 38.0 Å². The van der Waals surface area contributed by atoms with E-state index in [2.05, 4.69) is 12.2 Å². The van der Waals surface area contributed by atoms with Crippen LogP contribution in [0.15, 0.2) is 18.2 Å². The standard InChI is InChI=1S/C14H21N3O3S/c1-10(9-21-4)8-15-12-6-5-11(14(18)16(2)3)7-13(12)17(19)20/h5-7,10,15H,8-9H2,1-4H3. The van der Waals surface area contributed by atoms with Gasteiger partial charge in [-0.15, -0.1) is 0 Å². The molecule has 0 aromatic heterocycles. The van der Waals surface area contributed by atoms with Crippen LogP contribution in [0.1, 0.15) is 17.3 Å². The van der Waals surface area contributed by atoms with Crippen LogP contribution < -0.4 is 5.32 Å². The first kappa shape index (κ1) is 17.3. The number of amides is 1. The van der Waals surface area contributed by atoms with Crippen molar-refractivity contribution in [2.75, 3.05) is 38.0 Å². The van der Waals surface area contributed by atoms with Gasteiger partial charge in [0.2, 0.25) is 0 Å². The number of nitrogens with one attached hydrogen (secondary N) is 1. The molecule has 7 heteroatoms. The molecule has 0 fully saturated rings. The van der Waals surface area contributed by atoms with Crippen LogP contribution in [0.4, 0.5) is 11.4 Å². The molecule has 0 aliphatic rings. The Morgan fingerprint density at radius 2 is 2.14 bits per heavy atom. The Morgan fingerprint density at radius 3 is 2.67 bits per heavy atom. The van der Waals surface area contributed by atoms with Gasteiger partial charge in [0.25, 0.3) is 11.6 Å². The molecule has 1 N–H and O–H groups in total. The molecule has 0 spiro atoms.